The van der Waals surface area contributed by atoms with E-state index in [1.165, 1.54) is 6.07 Å². The van der Waals surface area contributed by atoms with Crippen molar-refractivity contribution in [1.29, 1.82) is 0 Å². The van der Waals surface area contributed by atoms with Crippen molar-refractivity contribution < 1.29 is 14.3 Å². The number of carbonyl (C=O) groups is 1. The molecule has 92 valence electrons. The molecule has 5 heteroatoms. The van der Waals surface area contributed by atoms with E-state index in [0.29, 0.717) is 22.2 Å². The summed E-state index contributed by atoms with van der Waals surface area (Å²) in [6.45, 7) is 0.968. The van der Waals surface area contributed by atoms with Crippen molar-refractivity contribution >= 4 is 28.5 Å². The van der Waals surface area contributed by atoms with Crippen LogP contribution in [0.25, 0.3) is 0 Å². The predicted octanol–water partition coefficient (Wildman–Crippen LogP) is 2.03. The fraction of sp³-hybridized carbons (Fsp3) is 0.417. The van der Waals surface area contributed by atoms with Gasteiger partial charge >= 0.3 is 0 Å². The molecule has 0 aliphatic carbocycles. The van der Waals surface area contributed by atoms with Gasteiger partial charge in [-0.3, -0.25) is 4.79 Å². The van der Waals surface area contributed by atoms with Crippen molar-refractivity contribution in [2.24, 2.45) is 0 Å². The first-order valence-electron chi connectivity index (χ1n) is 5.50. The molecule has 1 fully saturated rings. The van der Waals surface area contributed by atoms with Crippen LogP contribution in [0.2, 0.25) is 0 Å². The molecule has 0 radical (unpaired) electrons. The Kier molecular flexibility index (Phi) is 3.98. The monoisotopic (exact) mass is 349 g/mol. The number of likely N-dealkylation sites (tertiary alicyclic amines) is 1. The van der Waals surface area contributed by atoms with Crippen LogP contribution in [0.1, 0.15) is 23.2 Å². The van der Waals surface area contributed by atoms with Gasteiger partial charge in [-0.15, -0.1) is 0 Å². The first-order chi connectivity index (χ1) is 8.08. The van der Waals surface area contributed by atoms with Crippen LogP contribution in [0.4, 0.5) is 4.39 Å². The molecule has 1 aliphatic rings. The summed E-state index contributed by atoms with van der Waals surface area (Å²) in [6.07, 6.45) is 1.06. The van der Waals surface area contributed by atoms with Gasteiger partial charge in [-0.05, 0) is 53.6 Å². The molecule has 1 saturated heterocycles. The number of nitrogens with zero attached hydrogens (tertiary/aromatic N) is 1. The molecule has 0 unspecified atom stereocenters. The maximum atomic E-state index is 13.4. The lowest BCUT2D eigenvalue weighted by Crippen LogP contribution is -2.42. The molecule has 1 heterocycles. The topological polar surface area (TPSA) is 40.5 Å². The highest BCUT2D eigenvalue weighted by Crippen LogP contribution is 2.17. The van der Waals surface area contributed by atoms with Crippen molar-refractivity contribution in [3.63, 3.8) is 0 Å². The lowest BCUT2D eigenvalue weighted by atomic mass is 10.1. The highest BCUT2D eigenvalue weighted by Gasteiger charge is 2.23. The average Bonchev–Trinajstić information content (AvgIpc) is 2.32. The molecule has 1 aromatic rings. The van der Waals surface area contributed by atoms with E-state index in [1.54, 1.807) is 17.0 Å². The van der Waals surface area contributed by atoms with E-state index >= 15 is 0 Å². The van der Waals surface area contributed by atoms with Gasteiger partial charge in [0.05, 0.1) is 6.10 Å². The molecule has 0 spiro atoms. The SMILES string of the molecule is O=C(c1ccc(I)c(F)c1)N1CCC[C@@H](O)C1. The number of benzene rings is 1. The molecule has 1 N–H and O–H groups in total. The number of hydrogen-bond acceptors (Lipinski definition) is 2. The second kappa shape index (κ2) is 5.30. The molecular formula is C12H13FINO2. The Morgan fingerprint density at radius 1 is 1.53 bits per heavy atom. The summed E-state index contributed by atoms with van der Waals surface area (Å²) in [7, 11) is 0. The predicted molar refractivity (Wildman–Crippen MR) is 70.3 cm³/mol. The maximum absolute atomic E-state index is 13.4. The van der Waals surface area contributed by atoms with E-state index in [-0.39, 0.29) is 11.7 Å². The number of amides is 1. The van der Waals surface area contributed by atoms with Crippen LogP contribution in [0, 0.1) is 9.39 Å². The van der Waals surface area contributed by atoms with Gasteiger partial charge in [-0.1, -0.05) is 0 Å². The van der Waals surface area contributed by atoms with Crippen LogP contribution in [0.15, 0.2) is 18.2 Å². The zero-order valence-electron chi connectivity index (χ0n) is 9.20. The number of halogens is 2. The number of rotatable bonds is 1. The van der Waals surface area contributed by atoms with E-state index in [4.69, 9.17) is 0 Å². The number of piperidine rings is 1. The van der Waals surface area contributed by atoms with Gasteiger partial charge in [-0.25, -0.2) is 4.39 Å². The minimum absolute atomic E-state index is 0.209. The third-order valence-electron chi connectivity index (χ3n) is 2.85. The third kappa shape index (κ3) is 2.95. The molecule has 1 aromatic carbocycles. The molecule has 1 atom stereocenters. The van der Waals surface area contributed by atoms with Gasteiger partial charge in [-0.2, -0.15) is 0 Å². The number of aliphatic hydroxyl groups is 1. The molecule has 1 amide bonds. The Morgan fingerprint density at radius 3 is 2.94 bits per heavy atom. The van der Waals surface area contributed by atoms with Gasteiger partial charge in [0.2, 0.25) is 0 Å². The Labute approximate surface area is 113 Å². The molecular weight excluding hydrogens is 336 g/mol. The average molecular weight is 349 g/mol. The standard InChI is InChI=1S/C12H13FINO2/c13-10-6-8(3-4-11(10)14)12(17)15-5-1-2-9(16)7-15/h3-4,6,9,16H,1-2,5,7H2/t9-/m1/s1. The molecule has 0 bridgehead atoms. The zero-order chi connectivity index (χ0) is 12.4. The number of carbonyl (C=O) groups excluding carboxylic acids is 1. The van der Waals surface area contributed by atoms with E-state index < -0.39 is 6.10 Å². The second-order valence-corrected chi connectivity index (χ2v) is 5.34. The summed E-state index contributed by atoms with van der Waals surface area (Å²) < 4.78 is 13.9. The second-order valence-electron chi connectivity index (χ2n) is 4.18. The Bertz CT molecular complexity index is 439. The summed E-state index contributed by atoms with van der Waals surface area (Å²) >= 11 is 1.88. The lowest BCUT2D eigenvalue weighted by molar-refractivity contribution is 0.0473. The first-order valence-corrected chi connectivity index (χ1v) is 6.58. The Balaban J connectivity index is 2.15. The van der Waals surface area contributed by atoms with Crippen LogP contribution in [-0.2, 0) is 0 Å². The van der Waals surface area contributed by atoms with E-state index in [1.807, 2.05) is 22.6 Å². The fourth-order valence-electron chi connectivity index (χ4n) is 1.95. The smallest absolute Gasteiger partial charge is 0.254 e. The molecule has 1 aliphatic heterocycles. The van der Waals surface area contributed by atoms with Crippen molar-refractivity contribution in [3.8, 4) is 0 Å². The van der Waals surface area contributed by atoms with Crippen LogP contribution >= 0.6 is 22.6 Å². The Morgan fingerprint density at radius 2 is 2.29 bits per heavy atom. The van der Waals surface area contributed by atoms with Gasteiger partial charge in [0.1, 0.15) is 5.82 Å². The van der Waals surface area contributed by atoms with Crippen LogP contribution in [0.5, 0.6) is 0 Å². The normalized spacial score (nSPS) is 20.4. The van der Waals surface area contributed by atoms with Gasteiger partial charge in [0.15, 0.2) is 0 Å². The van der Waals surface area contributed by atoms with Gasteiger partial charge in [0.25, 0.3) is 5.91 Å². The van der Waals surface area contributed by atoms with Crippen LogP contribution in [0.3, 0.4) is 0 Å². The third-order valence-corrected chi connectivity index (χ3v) is 3.73. The van der Waals surface area contributed by atoms with E-state index in [2.05, 4.69) is 0 Å². The number of hydrogen-bond donors (Lipinski definition) is 1. The Hall–Kier alpha value is -0.690. The highest BCUT2D eigenvalue weighted by molar-refractivity contribution is 14.1. The quantitative estimate of drug-likeness (QED) is 0.789. The number of aliphatic hydroxyl groups excluding tert-OH is 1. The minimum atomic E-state index is -0.457. The molecule has 2 rings (SSSR count). The highest BCUT2D eigenvalue weighted by atomic mass is 127. The zero-order valence-corrected chi connectivity index (χ0v) is 11.4. The van der Waals surface area contributed by atoms with Crippen LogP contribution < -0.4 is 0 Å². The summed E-state index contributed by atoms with van der Waals surface area (Å²) in [5.41, 5.74) is 0.344. The molecule has 17 heavy (non-hydrogen) atoms. The van der Waals surface area contributed by atoms with Crippen molar-refractivity contribution in [2.45, 2.75) is 18.9 Å². The maximum Gasteiger partial charge on any atom is 0.254 e. The van der Waals surface area contributed by atoms with Crippen molar-refractivity contribution in [1.82, 2.24) is 4.90 Å². The van der Waals surface area contributed by atoms with E-state index in [0.717, 1.165) is 12.8 Å². The van der Waals surface area contributed by atoms with Crippen LogP contribution in [-0.4, -0.2) is 35.1 Å². The summed E-state index contributed by atoms with van der Waals surface area (Å²) in [4.78, 5) is 13.6. The summed E-state index contributed by atoms with van der Waals surface area (Å²) in [5, 5.41) is 9.50. The molecule has 0 aromatic heterocycles. The minimum Gasteiger partial charge on any atom is -0.391 e. The lowest BCUT2D eigenvalue weighted by Gasteiger charge is -2.30. The van der Waals surface area contributed by atoms with Crippen molar-refractivity contribution in [2.75, 3.05) is 13.1 Å². The summed E-state index contributed by atoms with van der Waals surface area (Å²) in [5.74, 6) is -0.590. The van der Waals surface area contributed by atoms with E-state index in [9.17, 15) is 14.3 Å². The molecule has 0 saturated carbocycles. The van der Waals surface area contributed by atoms with Crippen molar-refractivity contribution in [3.05, 3.63) is 33.1 Å². The molecule has 3 nitrogen and oxygen atoms in total. The fourth-order valence-corrected chi connectivity index (χ4v) is 2.29. The largest absolute Gasteiger partial charge is 0.391 e. The van der Waals surface area contributed by atoms with Gasteiger partial charge < -0.3 is 10.0 Å². The number of β-amino-alcohol motifs (C(OH)–C–C–N with tert-alkyl or cyclic N) is 1. The first kappa shape index (κ1) is 12.8. The summed E-state index contributed by atoms with van der Waals surface area (Å²) in [6, 6.07) is 4.46. The van der Waals surface area contributed by atoms with Gasteiger partial charge in [0, 0.05) is 22.2 Å².